The highest BCUT2D eigenvalue weighted by atomic mass is 32.2. The maximum atomic E-state index is 12.2. The van der Waals surface area contributed by atoms with Crippen LogP contribution in [0.15, 0.2) is 23.1 Å². The van der Waals surface area contributed by atoms with Crippen molar-refractivity contribution in [2.75, 3.05) is 46.6 Å². The van der Waals surface area contributed by atoms with Crippen molar-refractivity contribution in [2.24, 2.45) is 0 Å². The third kappa shape index (κ3) is 4.65. The molecule has 0 bridgehead atoms. The average Bonchev–Trinajstić information content (AvgIpc) is 2.52. The van der Waals surface area contributed by atoms with Gasteiger partial charge in [0.15, 0.2) is 0 Å². The highest BCUT2D eigenvalue weighted by Crippen LogP contribution is 2.20. The van der Waals surface area contributed by atoms with E-state index >= 15 is 0 Å². The molecule has 1 aromatic carbocycles. The number of hydrogen-bond acceptors (Lipinski definition) is 6. The van der Waals surface area contributed by atoms with Crippen molar-refractivity contribution in [1.29, 1.82) is 0 Å². The molecule has 0 amide bonds. The number of aryl methyl sites for hydroxylation is 1. The Morgan fingerprint density at radius 3 is 2.68 bits per heavy atom. The molecule has 1 aliphatic heterocycles. The topological polar surface area (TPSA) is 77.1 Å². The quantitative estimate of drug-likeness (QED) is 0.581. The van der Waals surface area contributed by atoms with E-state index in [2.05, 4.69) is 9.79 Å². The van der Waals surface area contributed by atoms with E-state index in [1.165, 1.54) is 13.2 Å². The fraction of sp³-hybridized carbons (Fsp3) is 0.571. The van der Waals surface area contributed by atoms with E-state index in [-0.39, 0.29) is 11.5 Å². The summed E-state index contributed by atoms with van der Waals surface area (Å²) in [4.78, 5) is 9.63. The zero-order valence-electron chi connectivity index (χ0n) is 12.9. The maximum Gasteiger partial charge on any atom is 0.262 e. The van der Waals surface area contributed by atoms with Crippen LogP contribution < -0.4 is 9.62 Å². The largest absolute Gasteiger partial charge is 0.497 e. The van der Waals surface area contributed by atoms with Gasteiger partial charge in [0, 0.05) is 19.6 Å². The lowest BCUT2D eigenvalue weighted by atomic mass is 10.2. The lowest BCUT2D eigenvalue weighted by Gasteiger charge is -2.26. The zero-order valence-corrected chi connectivity index (χ0v) is 13.7. The molecular formula is C14H22N2O5S. The Morgan fingerprint density at radius 1 is 1.32 bits per heavy atom. The van der Waals surface area contributed by atoms with Crippen LogP contribution in [-0.2, 0) is 19.6 Å². The molecule has 0 radical (unpaired) electrons. The molecule has 0 aliphatic carbocycles. The van der Waals surface area contributed by atoms with Crippen molar-refractivity contribution in [3.63, 3.8) is 0 Å². The summed E-state index contributed by atoms with van der Waals surface area (Å²) >= 11 is 0. The number of nitrogens with one attached hydrogen (secondary N) is 1. The minimum atomic E-state index is -3.69. The minimum absolute atomic E-state index is 0.180. The molecular weight excluding hydrogens is 308 g/mol. The van der Waals surface area contributed by atoms with E-state index in [0.29, 0.717) is 31.1 Å². The molecule has 0 spiro atoms. The van der Waals surface area contributed by atoms with Gasteiger partial charge in [-0.3, -0.25) is 9.74 Å². The van der Waals surface area contributed by atoms with E-state index in [1.807, 2.05) is 0 Å². The first kappa shape index (κ1) is 17.2. The number of benzene rings is 1. The fourth-order valence-electron chi connectivity index (χ4n) is 2.21. The highest BCUT2D eigenvalue weighted by Gasteiger charge is 2.18. The van der Waals surface area contributed by atoms with Crippen molar-refractivity contribution in [3.05, 3.63) is 23.8 Å². The molecule has 1 fully saturated rings. The first-order valence-electron chi connectivity index (χ1n) is 7.11. The van der Waals surface area contributed by atoms with Crippen molar-refractivity contribution >= 4 is 10.0 Å². The van der Waals surface area contributed by atoms with Gasteiger partial charge in [0.25, 0.3) is 10.0 Å². The number of ether oxygens (including phenoxy) is 2. The number of nitrogens with zero attached hydrogens (tertiary/aromatic N) is 1. The van der Waals surface area contributed by atoms with E-state index in [4.69, 9.17) is 14.3 Å². The van der Waals surface area contributed by atoms with Gasteiger partial charge in [-0.05, 0) is 30.7 Å². The fourth-order valence-corrected chi connectivity index (χ4v) is 3.27. The molecule has 1 saturated heterocycles. The van der Waals surface area contributed by atoms with Crippen molar-refractivity contribution in [1.82, 2.24) is 9.79 Å². The molecule has 0 atom stereocenters. The Morgan fingerprint density at radius 2 is 2.05 bits per heavy atom. The Bertz CT molecular complexity index is 585. The second-order valence-electron chi connectivity index (χ2n) is 5.02. The lowest BCUT2D eigenvalue weighted by Crippen LogP contribution is -2.39. The van der Waals surface area contributed by atoms with E-state index in [9.17, 15) is 8.42 Å². The molecule has 124 valence electrons. The van der Waals surface area contributed by atoms with Gasteiger partial charge in [-0.15, -0.1) is 0 Å². The van der Waals surface area contributed by atoms with Crippen LogP contribution in [0.25, 0.3) is 0 Å². The summed E-state index contributed by atoms with van der Waals surface area (Å²) in [7, 11) is -2.15. The van der Waals surface area contributed by atoms with Crippen molar-refractivity contribution in [2.45, 2.75) is 11.8 Å². The summed E-state index contributed by atoms with van der Waals surface area (Å²) < 4.78 is 34.7. The smallest absolute Gasteiger partial charge is 0.262 e. The van der Waals surface area contributed by atoms with Gasteiger partial charge in [-0.25, -0.2) is 8.42 Å². The molecule has 1 aliphatic rings. The summed E-state index contributed by atoms with van der Waals surface area (Å²) in [6.07, 6.45) is 0. The first-order chi connectivity index (χ1) is 10.5. The van der Waals surface area contributed by atoms with E-state index in [1.54, 1.807) is 19.1 Å². The minimum Gasteiger partial charge on any atom is -0.497 e. The SMILES string of the molecule is COc1ccc(S(=O)(=O)NOCCN2CCOCC2)c(C)c1. The number of morpholine rings is 1. The molecule has 0 unspecified atom stereocenters. The van der Waals surface area contributed by atoms with Gasteiger partial charge in [-0.1, -0.05) is 4.89 Å². The highest BCUT2D eigenvalue weighted by molar-refractivity contribution is 7.89. The van der Waals surface area contributed by atoms with Gasteiger partial charge >= 0.3 is 0 Å². The maximum absolute atomic E-state index is 12.2. The van der Waals surface area contributed by atoms with E-state index in [0.717, 1.165) is 13.1 Å². The van der Waals surface area contributed by atoms with Crippen molar-refractivity contribution in [3.8, 4) is 5.75 Å². The van der Waals surface area contributed by atoms with E-state index < -0.39 is 10.0 Å². The third-order valence-corrected chi connectivity index (χ3v) is 4.83. The standard InChI is InChI=1S/C14H22N2O5S/c1-12-11-13(19-2)3-4-14(12)22(17,18)15-21-10-7-16-5-8-20-9-6-16/h3-4,11,15H,5-10H2,1-2H3. The molecule has 22 heavy (non-hydrogen) atoms. The molecule has 8 heteroatoms. The first-order valence-corrected chi connectivity index (χ1v) is 8.59. The van der Waals surface area contributed by atoms with Crippen LogP contribution in [-0.4, -0.2) is 59.9 Å². The van der Waals surface area contributed by atoms with Crippen LogP contribution in [0.4, 0.5) is 0 Å². The predicted octanol–water partition coefficient (Wildman–Crippen LogP) is 0.546. The predicted molar refractivity (Wildman–Crippen MR) is 81.3 cm³/mol. The summed E-state index contributed by atoms with van der Waals surface area (Å²) in [5.74, 6) is 0.615. The van der Waals surface area contributed by atoms with Crippen LogP contribution in [0.5, 0.6) is 5.75 Å². The molecule has 1 N–H and O–H groups in total. The number of sulfonamides is 1. The van der Waals surface area contributed by atoms with Gasteiger partial charge in [0.1, 0.15) is 5.75 Å². The number of rotatable bonds is 7. The molecule has 0 aromatic heterocycles. The second-order valence-corrected chi connectivity index (χ2v) is 6.63. The summed E-state index contributed by atoms with van der Waals surface area (Å²) in [6, 6.07) is 4.78. The van der Waals surface area contributed by atoms with Crippen LogP contribution in [0, 0.1) is 6.92 Å². The van der Waals surface area contributed by atoms with Gasteiger partial charge in [0.05, 0.1) is 31.8 Å². The molecule has 2 rings (SSSR count). The zero-order chi connectivity index (χ0) is 16.0. The normalized spacial score (nSPS) is 16.6. The summed E-state index contributed by atoms with van der Waals surface area (Å²) in [5, 5.41) is 0. The monoisotopic (exact) mass is 330 g/mol. The molecule has 0 saturated carbocycles. The third-order valence-electron chi connectivity index (χ3n) is 3.45. The number of hydrogen-bond donors (Lipinski definition) is 1. The molecule has 1 aromatic rings. The molecule has 7 nitrogen and oxygen atoms in total. The Balaban J connectivity index is 1.85. The van der Waals surface area contributed by atoms with Crippen LogP contribution in [0.2, 0.25) is 0 Å². The Labute approximate surface area is 131 Å². The van der Waals surface area contributed by atoms with Crippen molar-refractivity contribution < 1.29 is 22.7 Å². The average molecular weight is 330 g/mol. The Hall–Kier alpha value is -1.19. The summed E-state index contributed by atoms with van der Waals surface area (Å²) in [5.41, 5.74) is 0.601. The summed E-state index contributed by atoms with van der Waals surface area (Å²) in [6.45, 7) is 5.75. The van der Waals surface area contributed by atoms with Crippen LogP contribution in [0.1, 0.15) is 5.56 Å². The Kier molecular flexibility index (Phi) is 6.16. The van der Waals surface area contributed by atoms with Gasteiger partial charge < -0.3 is 9.47 Å². The second kappa shape index (κ2) is 7.89. The van der Waals surface area contributed by atoms with Gasteiger partial charge in [-0.2, -0.15) is 0 Å². The molecule has 1 heterocycles. The van der Waals surface area contributed by atoms with Crippen LogP contribution in [0.3, 0.4) is 0 Å². The number of methoxy groups -OCH3 is 1. The van der Waals surface area contributed by atoms with Gasteiger partial charge in [0.2, 0.25) is 0 Å². The lowest BCUT2D eigenvalue weighted by molar-refractivity contribution is 0.0125. The van der Waals surface area contributed by atoms with Crippen LogP contribution >= 0.6 is 0 Å².